The molecule has 0 amide bonds. The van der Waals surface area contributed by atoms with Crippen molar-refractivity contribution in [2.45, 2.75) is 60.3 Å². The fourth-order valence-corrected chi connectivity index (χ4v) is 6.26. The number of carbonyl (C=O) groups is 1. The minimum Gasteiger partial charge on any atom is -0.494 e. The Kier molecular flexibility index (Phi) is 10.4. The second-order valence-electron chi connectivity index (χ2n) is 13.0. The van der Waals surface area contributed by atoms with Crippen molar-refractivity contribution < 1.29 is 14.3 Å². The van der Waals surface area contributed by atoms with Gasteiger partial charge in [0.2, 0.25) is 5.88 Å². The van der Waals surface area contributed by atoms with Gasteiger partial charge in [-0.15, -0.1) is 0 Å². The highest BCUT2D eigenvalue weighted by atomic mass is 35.5. The Bertz CT molecular complexity index is 1330. The zero-order valence-corrected chi connectivity index (χ0v) is 26.5. The summed E-state index contributed by atoms with van der Waals surface area (Å²) >= 11 is 12.6. The number of benzene rings is 2. The quantitative estimate of drug-likeness (QED) is 0.163. The molecule has 4 rings (SSSR count). The highest BCUT2D eigenvalue weighted by Gasteiger charge is 2.29. The summed E-state index contributed by atoms with van der Waals surface area (Å²) in [6.45, 7) is 16.3. The van der Waals surface area contributed by atoms with Crippen LogP contribution in [-0.4, -0.2) is 55.2 Å². The Labute approximate surface area is 254 Å². The zero-order valence-electron chi connectivity index (χ0n) is 25.0. The van der Waals surface area contributed by atoms with Crippen molar-refractivity contribution in [3.63, 3.8) is 0 Å². The molecule has 2 aromatic carbocycles. The average molecular weight is 601 g/mol. The van der Waals surface area contributed by atoms with E-state index in [4.69, 9.17) is 32.7 Å². The maximum absolute atomic E-state index is 12.6. The predicted molar refractivity (Wildman–Crippen MR) is 170 cm³/mol. The molecule has 0 spiro atoms. The van der Waals surface area contributed by atoms with Crippen LogP contribution in [0.15, 0.2) is 48.5 Å². The summed E-state index contributed by atoms with van der Waals surface area (Å²) in [5.74, 6) is 0.837. The first-order valence-corrected chi connectivity index (χ1v) is 15.3. The van der Waals surface area contributed by atoms with Gasteiger partial charge in [0.25, 0.3) is 0 Å². The highest BCUT2D eigenvalue weighted by Crippen LogP contribution is 2.36. The number of hydrogen-bond donors (Lipinski definition) is 0. The number of unbranched alkanes of at least 4 members (excludes halogenated alkanes) is 1. The van der Waals surface area contributed by atoms with Gasteiger partial charge in [0.15, 0.2) is 0 Å². The topological polar surface area (TPSA) is 54.9 Å². The van der Waals surface area contributed by atoms with Crippen molar-refractivity contribution in [3.05, 3.63) is 58.6 Å². The van der Waals surface area contributed by atoms with Crippen molar-refractivity contribution in [2.24, 2.45) is 10.8 Å². The van der Waals surface area contributed by atoms with Crippen molar-refractivity contribution >= 4 is 45.8 Å². The summed E-state index contributed by atoms with van der Waals surface area (Å²) in [7, 11) is 0. The van der Waals surface area contributed by atoms with E-state index in [2.05, 4.69) is 49.4 Å². The smallest absolute Gasteiger partial charge is 0.313 e. The maximum atomic E-state index is 12.6. The molecule has 6 nitrogen and oxygen atoms in total. The standard InChI is InChI=1S/C33H43Cl2N3O3/c1-32(2,3)23-33(4,5)22-30(39)41-29-14-12-24-11-13-25(21-27(24)36-29)40-20-7-6-15-37-16-18-38(19-17-37)28-10-8-9-26(34)31(28)35/h8-14,21H,6-7,15-20,22-23H2,1-5H3. The summed E-state index contributed by atoms with van der Waals surface area (Å²) in [6.07, 6.45) is 3.30. The number of carbonyl (C=O) groups excluding carboxylic acids is 1. The Morgan fingerprint density at radius 1 is 0.951 bits per heavy atom. The third-order valence-corrected chi connectivity index (χ3v) is 8.08. The number of hydrogen-bond acceptors (Lipinski definition) is 6. The number of anilines is 1. The molecular formula is C33H43Cl2N3O3. The number of fused-ring (bicyclic) bond motifs is 1. The number of nitrogens with zero attached hydrogens (tertiary/aromatic N) is 3. The summed E-state index contributed by atoms with van der Waals surface area (Å²) in [5.41, 5.74) is 1.76. The number of esters is 1. The van der Waals surface area contributed by atoms with Gasteiger partial charge in [0.1, 0.15) is 5.75 Å². The van der Waals surface area contributed by atoms with E-state index >= 15 is 0 Å². The van der Waals surface area contributed by atoms with Crippen molar-refractivity contribution in [2.75, 3.05) is 44.2 Å². The van der Waals surface area contributed by atoms with E-state index in [1.165, 1.54) is 0 Å². The van der Waals surface area contributed by atoms with Crippen LogP contribution in [0.1, 0.15) is 60.3 Å². The molecule has 2 heterocycles. The van der Waals surface area contributed by atoms with Gasteiger partial charge >= 0.3 is 5.97 Å². The summed E-state index contributed by atoms with van der Waals surface area (Å²) in [4.78, 5) is 22.0. The molecule has 1 aliphatic heterocycles. The molecule has 1 aliphatic rings. The lowest BCUT2D eigenvalue weighted by atomic mass is 9.74. The molecule has 1 aromatic heterocycles. The van der Waals surface area contributed by atoms with Crippen molar-refractivity contribution in [3.8, 4) is 11.6 Å². The Balaban J connectivity index is 1.20. The lowest BCUT2D eigenvalue weighted by molar-refractivity contribution is -0.137. The minimum absolute atomic E-state index is 0.143. The molecule has 0 atom stereocenters. The van der Waals surface area contributed by atoms with Crippen LogP contribution < -0.4 is 14.4 Å². The molecule has 3 aromatic rings. The predicted octanol–water partition coefficient (Wildman–Crippen LogP) is 8.28. The number of aromatic nitrogens is 1. The molecule has 1 fully saturated rings. The summed E-state index contributed by atoms with van der Waals surface area (Å²) in [6, 6.07) is 15.3. The van der Waals surface area contributed by atoms with Crippen LogP contribution in [-0.2, 0) is 4.79 Å². The monoisotopic (exact) mass is 599 g/mol. The van der Waals surface area contributed by atoms with Gasteiger partial charge in [-0.3, -0.25) is 9.69 Å². The maximum Gasteiger partial charge on any atom is 0.313 e. The zero-order chi connectivity index (χ0) is 29.6. The third kappa shape index (κ3) is 9.49. The van der Waals surface area contributed by atoms with Crippen LogP contribution >= 0.6 is 23.2 Å². The van der Waals surface area contributed by atoms with Gasteiger partial charge in [-0.2, -0.15) is 0 Å². The number of halogens is 2. The first-order valence-electron chi connectivity index (χ1n) is 14.5. The lowest BCUT2D eigenvalue weighted by Crippen LogP contribution is -2.46. The van der Waals surface area contributed by atoms with Crippen LogP contribution in [0.3, 0.4) is 0 Å². The molecule has 1 saturated heterocycles. The van der Waals surface area contributed by atoms with E-state index in [-0.39, 0.29) is 16.8 Å². The second-order valence-corrected chi connectivity index (χ2v) is 13.8. The molecule has 222 valence electrons. The molecule has 41 heavy (non-hydrogen) atoms. The first kappa shape index (κ1) is 31.4. The van der Waals surface area contributed by atoms with Crippen LogP contribution in [0, 0.1) is 10.8 Å². The average Bonchev–Trinajstić information content (AvgIpc) is 2.88. The van der Waals surface area contributed by atoms with Crippen LogP contribution in [0.4, 0.5) is 5.69 Å². The Morgan fingerprint density at radius 2 is 1.68 bits per heavy atom. The molecular weight excluding hydrogens is 557 g/mol. The van der Waals surface area contributed by atoms with Gasteiger partial charge in [-0.05, 0) is 67.0 Å². The summed E-state index contributed by atoms with van der Waals surface area (Å²) < 4.78 is 11.6. The Morgan fingerprint density at radius 3 is 2.41 bits per heavy atom. The minimum atomic E-state index is -0.256. The van der Waals surface area contributed by atoms with Crippen molar-refractivity contribution in [1.82, 2.24) is 9.88 Å². The number of piperazine rings is 1. The van der Waals surface area contributed by atoms with Gasteiger partial charge in [0, 0.05) is 43.7 Å². The van der Waals surface area contributed by atoms with Crippen LogP contribution in [0.5, 0.6) is 11.6 Å². The molecule has 8 heteroatoms. The molecule has 0 saturated carbocycles. The largest absolute Gasteiger partial charge is 0.494 e. The number of rotatable bonds is 11. The van der Waals surface area contributed by atoms with E-state index in [0.717, 1.165) is 74.3 Å². The van der Waals surface area contributed by atoms with Crippen LogP contribution in [0.2, 0.25) is 10.0 Å². The van der Waals surface area contributed by atoms with E-state index in [9.17, 15) is 4.79 Å². The van der Waals surface area contributed by atoms with Gasteiger partial charge in [0.05, 0.1) is 34.3 Å². The SMILES string of the molecule is CC(C)(C)CC(C)(C)CC(=O)Oc1ccc2ccc(OCCCCN3CCN(c4cccc(Cl)c4Cl)CC3)cc2n1. The third-order valence-electron chi connectivity index (χ3n) is 7.27. The normalized spacial score (nSPS) is 14.9. The number of ether oxygens (including phenoxy) is 2. The Hall–Kier alpha value is -2.54. The molecule has 0 unspecified atom stereocenters. The van der Waals surface area contributed by atoms with Gasteiger partial charge in [-0.1, -0.05) is 63.9 Å². The van der Waals surface area contributed by atoms with E-state index in [0.29, 0.717) is 29.0 Å². The van der Waals surface area contributed by atoms with Crippen LogP contribution in [0.25, 0.3) is 10.9 Å². The fourth-order valence-electron chi connectivity index (χ4n) is 5.84. The first-order chi connectivity index (χ1) is 19.4. The van der Waals surface area contributed by atoms with E-state index < -0.39 is 0 Å². The summed E-state index contributed by atoms with van der Waals surface area (Å²) in [5, 5.41) is 2.21. The lowest BCUT2D eigenvalue weighted by Gasteiger charge is -2.36. The highest BCUT2D eigenvalue weighted by molar-refractivity contribution is 6.43. The molecule has 0 radical (unpaired) electrons. The second kappa shape index (κ2) is 13.6. The van der Waals surface area contributed by atoms with Crippen molar-refractivity contribution in [1.29, 1.82) is 0 Å². The van der Waals surface area contributed by atoms with Gasteiger partial charge < -0.3 is 14.4 Å². The molecule has 0 N–H and O–H groups in total. The fraction of sp³-hybridized carbons (Fsp3) is 0.515. The molecule has 0 aliphatic carbocycles. The number of pyridine rings is 1. The molecule has 0 bridgehead atoms. The van der Waals surface area contributed by atoms with Gasteiger partial charge in [-0.25, -0.2) is 4.98 Å². The van der Waals surface area contributed by atoms with E-state index in [1.807, 2.05) is 42.5 Å². The van der Waals surface area contributed by atoms with E-state index in [1.54, 1.807) is 6.07 Å².